The first kappa shape index (κ1) is 15.9. The Labute approximate surface area is 129 Å². The molecular weight excluding hydrogens is 288 g/mol. The van der Waals surface area contributed by atoms with Gasteiger partial charge in [0.25, 0.3) is 0 Å². The zero-order valence-corrected chi connectivity index (χ0v) is 13.6. The average Bonchev–Trinajstić information content (AvgIpc) is 2.43. The standard InChI is InChI=1S/C14H22N4O2S/c1-4-7-15-12-6-5-11(18(19)20)13(16-12)17-8-9-21-14(2,3)10-17/h5-6H,4,7-10H2,1-3H3,(H,15,16). The van der Waals surface area contributed by atoms with Gasteiger partial charge in [0.05, 0.1) is 4.92 Å². The maximum absolute atomic E-state index is 11.3. The summed E-state index contributed by atoms with van der Waals surface area (Å²) in [6.07, 6.45) is 0.987. The molecule has 2 heterocycles. The molecule has 21 heavy (non-hydrogen) atoms. The van der Waals surface area contributed by atoms with Crippen molar-refractivity contribution in [3.8, 4) is 0 Å². The van der Waals surface area contributed by atoms with Crippen LogP contribution in [0.4, 0.5) is 17.3 Å². The van der Waals surface area contributed by atoms with Crippen LogP contribution in [0.15, 0.2) is 12.1 Å². The third-order valence-electron chi connectivity index (χ3n) is 3.33. The number of thioether (sulfide) groups is 1. The summed E-state index contributed by atoms with van der Waals surface area (Å²) in [6.45, 7) is 8.76. The first-order valence-electron chi connectivity index (χ1n) is 7.21. The Hall–Kier alpha value is -1.50. The van der Waals surface area contributed by atoms with Crippen molar-refractivity contribution in [1.29, 1.82) is 0 Å². The molecule has 1 aromatic rings. The van der Waals surface area contributed by atoms with E-state index in [-0.39, 0.29) is 15.4 Å². The molecule has 0 spiro atoms. The average molecular weight is 310 g/mol. The maximum atomic E-state index is 11.3. The molecule has 1 fully saturated rings. The number of pyridine rings is 1. The third kappa shape index (κ3) is 4.00. The summed E-state index contributed by atoms with van der Waals surface area (Å²) in [4.78, 5) is 17.4. The van der Waals surface area contributed by atoms with Crippen LogP contribution in [0.25, 0.3) is 0 Å². The van der Waals surface area contributed by atoms with E-state index in [1.54, 1.807) is 12.1 Å². The molecule has 0 atom stereocenters. The molecule has 0 unspecified atom stereocenters. The van der Waals surface area contributed by atoms with Crippen LogP contribution < -0.4 is 10.2 Å². The zero-order chi connectivity index (χ0) is 15.5. The number of hydrogen-bond donors (Lipinski definition) is 1. The molecule has 1 aromatic heterocycles. The second-order valence-electron chi connectivity index (χ2n) is 5.75. The second-order valence-corrected chi connectivity index (χ2v) is 7.55. The van der Waals surface area contributed by atoms with E-state index in [4.69, 9.17) is 0 Å². The molecule has 1 saturated heterocycles. The molecule has 2 rings (SSSR count). The van der Waals surface area contributed by atoms with Gasteiger partial charge in [0.1, 0.15) is 5.82 Å². The van der Waals surface area contributed by atoms with Crippen molar-refractivity contribution in [2.24, 2.45) is 0 Å². The van der Waals surface area contributed by atoms with Gasteiger partial charge in [0.2, 0.25) is 5.82 Å². The molecule has 6 nitrogen and oxygen atoms in total. The molecular formula is C14H22N4O2S. The molecule has 0 saturated carbocycles. The van der Waals surface area contributed by atoms with Crippen molar-refractivity contribution in [1.82, 2.24) is 4.98 Å². The summed E-state index contributed by atoms with van der Waals surface area (Å²) < 4.78 is 0.0840. The number of anilines is 2. The Morgan fingerprint density at radius 2 is 2.29 bits per heavy atom. The summed E-state index contributed by atoms with van der Waals surface area (Å²) in [5.74, 6) is 2.14. The molecule has 1 aliphatic heterocycles. The van der Waals surface area contributed by atoms with Crippen molar-refractivity contribution in [3.05, 3.63) is 22.2 Å². The Bertz CT molecular complexity index is 522. The van der Waals surface area contributed by atoms with Crippen LogP contribution in [-0.4, -0.2) is 40.0 Å². The van der Waals surface area contributed by atoms with E-state index >= 15 is 0 Å². The molecule has 0 aliphatic carbocycles. The van der Waals surface area contributed by atoms with E-state index in [0.717, 1.165) is 31.8 Å². The fraction of sp³-hybridized carbons (Fsp3) is 0.643. The highest BCUT2D eigenvalue weighted by molar-refractivity contribution is 8.00. The topological polar surface area (TPSA) is 71.3 Å². The minimum atomic E-state index is -0.347. The van der Waals surface area contributed by atoms with Crippen molar-refractivity contribution >= 4 is 29.1 Å². The van der Waals surface area contributed by atoms with Gasteiger partial charge < -0.3 is 10.2 Å². The van der Waals surface area contributed by atoms with Crippen molar-refractivity contribution < 1.29 is 4.92 Å². The first-order valence-corrected chi connectivity index (χ1v) is 8.20. The van der Waals surface area contributed by atoms with Crippen LogP contribution >= 0.6 is 11.8 Å². The Balaban J connectivity index is 2.31. The first-order chi connectivity index (χ1) is 9.93. The van der Waals surface area contributed by atoms with Gasteiger partial charge in [-0.15, -0.1) is 0 Å². The summed E-state index contributed by atoms with van der Waals surface area (Å²) in [6, 6.07) is 3.23. The van der Waals surface area contributed by atoms with E-state index in [2.05, 4.69) is 31.1 Å². The minimum Gasteiger partial charge on any atom is -0.370 e. The van der Waals surface area contributed by atoms with Crippen molar-refractivity contribution in [3.63, 3.8) is 0 Å². The van der Waals surface area contributed by atoms with Gasteiger partial charge in [-0.05, 0) is 26.3 Å². The highest BCUT2D eigenvalue weighted by atomic mass is 32.2. The molecule has 0 radical (unpaired) electrons. The van der Waals surface area contributed by atoms with Gasteiger partial charge >= 0.3 is 5.69 Å². The highest BCUT2D eigenvalue weighted by Crippen LogP contribution is 2.35. The number of hydrogen-bond acceptors (Lipinski definition) is 6. The predicted molar refractivity (Wildman–Crippen MR) is 88.4 cm³/mol. The van der Waals surface area contributed by atoms with Gasteiger partial charge in [-0.2, -0.15) is 11.8 Å². The van der Waals surface area contributed by atoms with E-state index < -0.39 is 0 Å². The monoisotopic (exact) mass is 310 g/mol. The molecule has 0 aromatic carbocycles. The van der Waals surface area contributed by atoms with Gasteiger partial charge in [0.15, 0.2) is 0 Å². The fourth-order valence-electron chi connectivity index (χ4n) is 2.37. The zero-order valence-electron chi connectivity index (χ0n) is 12.8. The summed E-state index contributed by atoms with van der Waals surface area (Å²) in [5.41, 5.74) is 0.0831. The Kier molecular flexibility index (Phi) is 4.92. The molecule has 1 N–H and O–H groups in total. The van der Waals surface area contributed by atoms with E-state index in [9.17, 15) is 10.1 Å². The summed E-state index contributed by atoms with van der Waals surface area (Å²) >= 11 is 1.90. The molecule has 1 aliphatic rings. The summed E-state index contributed by atoms with van der Waals surface area (Å²) in [5, 5.41) is 14.5. The molecule has 7 heteroatoms. The van der Waals surface area contributed by atoms with Crippen molar-refractivity contribution in [2.75, 3.05) is 35.6 Å². The number of nitrogens with one attached hydrogen (secondary N) is 1. The van der Waals surface area contributed by atoms with Crippen LogP contribution in [0.1, 0.15) is 27.2 Å². The molecule has 0 amide bonds. The minimum absolute atomic E-state index is 0.0831. The van der Waals surface area contributed by atoms with Crippen LogP contribution in [0, 0.1) is 10.1 Å². The number of nitrogens with zero attached hydrogens (tertiary/aromatic N) is 3. The predicted octanol–water partition coefficient (Wildman–Crippen LogP) is 3.14. The molecule has 0 bridgehead atoms. The lowest BCUT2D eigenvalue weighted by molar-refractivity contribution is -0.384. The van der Waals surface area contributed by atoms with E-state index in [1.165, 1.54) is 0 Å². The van der Waals surface area contributed by atoms with Gasteiger partial charge in [-0.25, -0.2) is 4.98 Å². The maximum Gasteiger partial charge on any atom is 0.311 e. The highest BCUT2D eigenvalue weighted by Gasteiger charge is 2.31. The normalized spacial score (nSPS) is 17.6. The Morgan fingerprint density at radius 1 is 1.52 bits per heavy atom. The van der Waals surface area contributed by atoms with Gasteiger partial charge in [0, 0.05) is 36.2 Å². The van der Waals surface area contributed by atoms with Crippen LogP contribution in [0.5, 0.6) is 0 Å². The smallest absolute Gasteiger partial charge is 0.311 e. The van der Waals surface area contributed by atoms with Gasteiger partial charge in [-0.3, -0.25) is 10.1 Å². The number of nitro groups is 1. The lowest BCUT2D eigenvalue weighted by atomic mass is 10.2. The molecule has 116 valence electrons. The van der Waals surface area contributed by atoms with E-state index in [0.29, 0.717) is 11.6 Å². The quantitative estimate of drug-likeness (QED) is 0.665. The van der Waals surface area contributed by atoms with Gasteiger partial charge in [-0.1, -0.05) is 6.92 Å². The third-order valence-corrected chi connectivity index (χ3v) is 4.63. The lowest BCUT2D eigenvalue weighted by Crippen LogP contribution is -2.43. The van der Waals surface area contributed by atoms with Crippen molar-refractivity contribution in [2.45, 2.75) is 31.9 Å². The number of aromatic nitrogens is 1. The van der Waals surface area contributed by atoms with Crippen LogP contribution in [0.3, 0.4) is 0 Å². The SMILES string of the molecule is CCCNc1ccc([N+](=O)[O-])c(N2CCSC(C)(C)C2)n1. The second kappa shape index (κ2) is 6.51. The lowest BCUT2D eigenvalue weighted by Gasteiger charge is -2.37. The Morgan fingerprint density at radius 3 is 2.90 bits per heavy atom. The summed E-state index contributed by atoms with van der Waals surface area (Å²) in [7, 11) is 0. The van der Waals surface area contributed by atoms with Crippen LogP contribution in [0.2, 0.25) is 0 Å². The van der Waals surface area contributed by atoms with E-state index in [1.807, 2.05) is 16.7 Å². The number of rotatable bonds is 5. The van der Waals surface area contributed by atoms with Crippen LogP contribution in [-0.2, 0) is 0 Å². The largest absolute Gasteiger partial charge is 0.370 e. The fourth-order valence-corrected chi connectivity index (χ4v) is 3.48.